The van der Waals surface area contributed by atoms with Crippen molar-refractivity contribution >= 4 is 23.6 Å². The van der Waals surface area contributed by atoms with Crippen molar-refractivity contribution in [2.45, 2.75) is 19.2 Å². The fourth-order valence-corrected chi connectivity index (χ4v) is 2.27. The molecule has 0 bridgehead atoms. The van der Waals surface area contributed by atoms with E-state index >= 15 is 0 Å². The van der Waals surface area contributed by atoms with Crippen molar-refractivity contribution in [2.24, 2.45) is 5.92 Å². The molecule has 0 aromatic heterocycles. The summed E-state index contributed by atoms with van der Waals surface area (Å²) in [5.74, 6) is -2.61. The second-order valence-corrected chi connectivity index (χ2v) is 3.83. The number of nitrogens with zero attached hydrogens (tertiary/aromatic N) is 2. The molecule has 0 radical (unpaired) electrons. The molecule has 15 heavy (non-hydrogen) atoms. The van der Waals surface area contributed by atoms with Gasteiger partial charge in [-0.25, -0.2) is 0 Å². The fraction of sp³-hybridized carbons (Fsp3) is 0.667. The molecule has 0 saturated carbocycles. The maximum absolute atomic E-state index is 11.2. The summed E-state index contributed by atoms with van der Waals surface area (Å²) in [5.41, 5.74) is 0. The van der Waals surface area contributed by atoms with E-state index in [2.05, 4.69) is 0 Å². The van der Waals surface area contributed by atoms with Crippen LogP contribution >= 0.6 is 11.8 Å². The van der Waals surface area contributed by atoms with Crippen LogP contribution in [0.15, 0.2) is 0 Å². The first-order valence-electron chi connectivity index (χ1n) is 4.42. The highest BCUT2D eigenvalue weighted by Gasteiger charge is 2.33. The highest BCUT2D eigenvalue weighted by Crippen LogP contribution is 2.21. The second kappa shape index (κ2) is 6.30. The zero-order valence-corrected chi connectivity index (χ0v) is 9.74. The first kappa shape index (κ1) is 13.8. The van der Waals surface area contributed by atoms with Gasteiger partial charge in [0.05, 0.1) is 6.07 Å². The van der Waals surface area contributed by atoms with E-state index < -0.39 is 17.3 Å². The lowest BCUT2D eigenvalue weighted by atomic mass is 10.1. The van der Waals surface area contributed by atoms with Crippen LogP contribution in [-0.2, 0) is 9.59 Å². The Morgan fingerprint density at radius 3 is 2.33 bits per heavy atom. The van der Waals surface area contributed by atoms with Crippen molar-refractivity contribution in [1.82, 2.24) is 4.90 Å². The predicted molar refractivity (Wildman–Crippen MR) is 57.1 cm³/mol. The summed E-state index contributed by atoms with van der Waals surface area (Å²) in [6.45, 7) is 3.51. The van der Waals surface area contributed by atoms with E-state index in [0.29, 0.717) is 6.54 Å². The minimum Gasteiger partial charge on any atom is -0.480 e. The smallest absolute Gasteiger partial charge is 0.323 e. The first-order valence-corrected chi connectivity index (χ1v) is 5.70. The minimum atomic E-state index is -1.20. The number of amides is 1. The fourth-order valence-electron chi connectivity index (χ4n) is 1.27. The number of carbonyl (C=O) groups is 2. The standard InChI is InChI=1S/C9H14N2O3S/c1-4-11(6(2)12)8(15-3)7(5-10)9(13)14/h7-8H,4H2,1-3H3,(H,13,14). The SMILES string of the molecule is CCN(C(C)=O)C(SC)C(C#N)C(=O)O. The van der Waals surface area contributed by atoms with Crippen molar-refractivity contribution in [2.75, 3.05) is 12.8 Å². The number of carbonyl (C=O) groups excluding carboxylic acids is 1. The highest BCUT2D eigenvalue weighted by molar-refractivity contribution is 7.99. The summed E-state index contributed by atoms with van der Waals surface area (Å²) >= 11 is 1.19. The predicted octanol–water partition coefficient (Wildman–Crippen LogP) is 0.768. The molecule has 0 heterocycles. The topological polar surface area (TPSA) is 81.4 Å². The molecule has 2 atom stereocenters. The van der Waals surface area contributed by atoms with Crippen LogP contribution in [0.25, 0.3) is 0 Å². The maximum atomic E-state index is 11.2. The average Bonchev–Trinajstić information content (AvgIpc) is 2.16. The summed E-state index contributed by atoms with van der Waals surface area (Å²) in [7, 11) is 0. The van der Waals surface area contributed by atoms with Crippen molar-refractivity contribution in [3.05, 3.63) is 0 Å². The molecule has 84 valence electrons. The highest BCUT2D eigenvalue weighted by atomic mass is 32.2. The van der Waals surface area contributed by atoms with E-state index in [1.807, 2.05) is 0 Å². The quantitative estimate of drug-likeness (QED) is 0.705. The van der Waals surface area contributed by atoms with Crippen molar-refractivity contribution in [3.8, 4) is 6.07 Å². The van der Waals surface area contributed by atoms with E-state index in [1.165, 1.54) is 23.6 Å². The number of hydrogen-bond donors (Lipinski definition) is 1. The van der Waals surface area contributed by atoms with Gasteiger partial charge in [-0.15, -0.1) is 11.8 Å². The zero-order valence-electron chi connectivity index (χ0n) is 8.93. The van der Waals surface area contributed by atoms with Crippen LogP contribution in [0.3, 0.4) is 0 Å². The van der Waals surface area contributed by atoms with Crippen LogP contribution in [-0.4, -0.2) is 40.1 Å². The Morgan fingerprint density at radius 1 is 1.60 bits per heavy atom. The number of carboxylic acid groups (broad SMARTS) is 1. The van der Waals surface area contributed by atoms with E-state index in [-0.39, 0.29) is 5.91 Å². The Bertz CT molecular complexity index is 288. The lowest BCUT2D eigenvalue weighted by molar-refractivity contribution is -0.141. The van der Waals surface area contributed by atoms with Crippen molar-refractivity contribution in [3.63, 3.8) is 0 Å². The number of thioether (sulfide) groups is 1. The molecular formula is C9H14N2O3S. The van der Waals surface area contributed by atoms with Gasteiger partial charge in [-0.05, 0) is 13.2 Å². The minimum absolute atomic E-state index is 0.224. The third-order valence-corrected chi connectivity index (χ3v) is 2.99. The largest absolute Gasteiger partial charge is 0.480 e. The summed E-state index contributed by atoms with van der Waals surface area (Å²) in [6.07, 6.45) is 1.68. The van der Waals surface area contributed by atoms with E-state index in [1.54, 1.807) is 19.2 Å². The van der Waals surface area contributed by atoms with Gasteiger partial charge in [-0.1, -0.05) is 0 Å². The van der Waals surface area contributed by atoms with Crippen LogP contribution in [0.1, 0.15) is 13.8 Å². The first-order chi connectivity index (χ1) is 6.99. The van der Waals surface area contributed by atoms with Gasteiger partial charge >= 0.3 is 5.97 Å². The molecule has 0 spiro atoms. The molecule has 1 amide bonds. The third-order valence-electron chi connectivity index (χ3n) is 1.98. The monoisotopic (exact) mass is 230 g/mol. The van der Waals surface area contributed by atoms with Gasteiger partial charge in [0.2, 0.25) is 5.91 Å². The van der Waals surface area contributed by atoms with Crippen LogP contribution < -0.4 is 0 Å². The number of aliphatic carboxylic acids is 1. The molecule has 2 unspecified atom stereocenters. The molecule has 0 aliphatic heterocycles. The molecule has 0 aromatic carbocycles. The molecule has 6 heteroatoms. The van der Waals surface area contributed by atoms with Gasteiger partial charge in [-0.3, -0.25) is 9.59 Å². The van der Waals surface area contributed by atoms with E-state index in [4.69, 9.17) is 10.4 Å². The van der Waals surface area contributed by atoms with Crippen LogP contribution in [0.5, 0.6) is 0 Å². The van der Waals surface area contributed by atoms with E-state index in [0.717, 1.165) is 0 Å². The number of rotatable bonds is 5. The summed E-state index contributed by atoms with van der Waals surface area (Å²) < 4.78 is 0. The lowest BCUT2D eigenvalue weighted by Crippen LogP contribution is -2.43. The van der Waals surface area contributed by atoms with Gasteiger partial charge in [-0.2, -0.15) is 5.26 Å². The molecule has 0 fully saturated rings. The van der Waals surface area contributed by atoms with Crippen LogP contribution in [0.2, 0.25) is 0 Å². The Kier molecular flexibility index (Phi) is 5.79. The van der Waals surface area contributed by atoms with Crippen molar-refractivity contribution < 1.29 is 14.7 Å². The Labute approximate surface area is 93.1 Å². The molecule has 0 aliphatic carbocycles. The van der Waals surface area contributed by atoms with Crippen LogP contribution in [0, 0.1) is 17.2 Å². The molecular weight excluding hydrogens is 216 g/mol. The van der Waals surface area contributed by atoms with Gasteiger partial charge in [0, 0.05) is 13.5 Å². The molecule has 1 N–H and O–H groups in total. The van der Waals surface area contributed by atoms with Crippen LogP contribution in [0.4, 0.5) is 0 Å². The normalized spacial score (nSPS) is 13.7. The summed E-state index contributed by atoms with van der Waals surface area (Å²) in [4.78, 5) is 23.4. The number of nitriles is 1. The number of hydrogen-bond acceptors (Lipinski definition) is 4. The number of carboxylic acids is 1. The molecule has 0 aliphatic rings. The second-order valence-electron chi connectivity index (χ2n) is 2.88. The molecule has 0 aromatic rings. The Morgan fingerprint density at radius 2 is 2.13 bits per heavy atom. The Balaban J connectivity index is 4.94. The molecule has 0 rings (SSSR count). The van der Waals surface area contributed by atoms with E-state index in [9.17, 15) is 9.59 Å². The summed E-state index contributed by atoms with van der Waals surface area (Å²) in [5, 5.41) is 16.9. The van der Waals surface area contributed by atoms with Gasteiger partial charge in [0.15, 0.2) is 5.92 Å². The summed E-state index contributed by atoms with van der Waals surface area (Å²) in [6, 6.07) is 1.71. The van der Waals surface area contributed by atoms with Gasteiger partial charge in [0.1, 0.15) is 5.37 Å². The Hall–Kier alpha value is -1.22. The van der Waals surface area contributed by atoms with Crippen molar-refractivity contribution in [1.29, 1.82) is 5.26 Å². The lowest BCUT2D eigenvalue weighted by Gasteiger charge is -2.29. The third kappa shape index (κ3) is 3.44. The zero-order chi connectivity index (χ0) is 12.0. The van der Waals surface area contributed by atoms with Gasteiger partial charge in [0.25, 0.3) is 0 Å². The van der Waals surface area contributed by atoms with Gasteiger partial charge < -0.3 is 10.0 Å². The maximum Gasteiger partial charge on any atom is 0.323 e. The average molecular weight is 230 g/mol. The molecule has 0 saturated heterocycles. The molecule has 5 nitrogen and oxygen atoms in total.